The molecule has 2 aromatic carbocycles. The van der Waals surface area contributed by atoms with E-state index in [0.29, 0.717) is 6.54 Å². The second kappa shape index (κ2) is 15.8. The fraction of sp³-hybridized carbons (Fsp3) is 0.455. The number of ether oxygens (including phenoxy) is 3. The van der Waals surface area contributed by atoms with Crippen molar-refractivity contribution in [3.05, 3.63) is 89.2 Å². The number of urea groups is 1. The maximum atomic E-state index is 12.1. The number of aliphatic hydroxyl groups is 1. The topological polar surface area (TPSA) is 138 Å². The maximum absolute atomic E-state index is 12.1. The molecule has 0 radical (unpaired) electrons. The molecule has 2 aliphatic heterocycles. The summed E-state index contributed by atoms with van der Waals surface area (Å²) in [5.74, 6) is 0.354. The van der Waals surface area contributed by atoms with Crippen molar-refractivity contribution < 1.29 is 28.9 Å². The van der Waals surface area contributed by atoms with E-state index in [4.69, 9.17) is 14.2 Å². The number of aliphatic hydroxyl groups excluding tert-OH is 1. The Kier molecular flexibility index (Phi) is 11.3. The minimum atomic E-state index is -0.581. The zero-order valence-electron chi connectivity index (χ0n) is 25.8. The lowest BCUT2D eigenvalue weighted by molar-refractivity contribution is -0.276. The van der Waals surface area contributed by atoms with Gasteiger partial charge in [-0.3, -0.25) is 9.69 Å². The Morgan fingerprint density at radius 1 is 0.933 bits per heavy atom. The molecule has 0 bridgehead atoms. The smallest absolute Gasteiger partial charge is 0.325 e. The van der Waals surface area contributed by atoms with Crippen molar-refractivity contribution in [2.45, 2.75) is 45.5 Å². The Morgan fingerprint density at radius 2 is 1.60 bits per heavy atom. The van der Waals surface area contributed by atoms with Crippen LogP contribution < -0.4 is 15.5 Å². The molecule has 2 fully saturated rings. The van der Waals surface area contributed by atoms with E-state index >= 15 is 0 Å². The number of anilines is 1. The van der Waals surface area contributed by atoms with Gasteiger partial charge in [0.15, 0.2) is 6.29 Å². The molecule has 3 aromatic rings. The number of esters is 1. The molecule has 12 heteroatoms. The Labute approximate surface area is 263 Å². The Morgan fingerprint density at radius 3 is 2.27 bits per heavy atom. The van der Waals surface area contributed by atoms with E-state index < -0.39 is 18.3 Å². The van der Waals surface area contributed by atoms with Gasteiger partial charge in [-0.15, -0.1) is 0 Å². The first kappa shape index (κ1) is 32.3. The molecular weight excluding hydrogens is 576 g/mol. The molecule has 3 heterocycles. The van der Waals surface area contributed by atoms with Gasteiger partial charge in [0.05, 0.1) is 25.4 Å². The van der Waals surface area contributed by atoms with Crippen molar-refractivity contribution in [2.24, 2.45) is 5.92 Å². The van der Waals surface area contributed by atoms with Gasteiger partial charge in [0.2, 0.25) is 5.95 Å². The molecule has 4 atom stereocenters. The molecule has 5 rings (SSSR count). The van der Waals surface area contributed by atoms with E-state index in [9.17, 15) is 14.7 Å². The highest BCUT2D eigenvalue weighted by Crippen LogP contribution is 2.42. The molecular formula is C33H42N6O6. The summed E-state index contributed by atoms with van der Waals surface area (Å²) in [5.41, 5.74) is 3.66. The first-order chi connectivity index (χ1) is 21.9. The van der Waals surface area contributed by atoms with Gasteiger partial charge in [-0.25, -0.2) is 14.8 Å². The molecule has 12 nitrogen and oxygen atoms in total. The van der Waals surface area contributed by atoms with Crippen LogP contribution in [0.4, 0.5) is 10.7 Å². The monoisotopic (exact) mass is 618 g/mol. The summed E-state index contributed by atoms with van der Waals surface area (Å²) in [4.78, 5) is 37.0. The fourth-order valence-electron chi connectivity index (χ4n) is 5.57. The van der Waals surface area contributed by atoms with Crippen molar-refractivity contribution in [3.8, 4) is 0 Å². The van der Waals surface area contributed by atoms with Crippen molar-refractivity contribution >= 4 is 17.9 Å². The summed E-state index contributed by atoms with van der Waals surface area (Å²) in [6, 6.07) is 17.0. The Bertz CT molecular complexity index is 1370. The first-order valence-electron chi connectivity index (χ1n) is 15.4. The van der Waals surface area contributed by atoms with Crippen molar-refractivity contribution in [1.82, 2.24) is 25.5 Å². The van der Waals surface area contributed by atoms with Crippen molar-refractivity contribution in [3.63, 3.8) is 0 Å². The minimum Gasteiger partial charge on any atom is -0.465 e. The summed E-state index contributed by atoms with van der Waals surface area (Å²) in [6.45, 7) is 8.44. The van der Waals surface area contributed by atoms with Crippen LogP contribution in [0.5, 0.6) is 0 Å². The summed E-state index contributed by atoms with van der Waals surface area (Å²) >= 11 is 0. The average Bonchev–Trinajstić information content (AvgIpc) is 3.08. The van der Waals surface area contributed by atoms with E-state index in [2.05, 4.69) is 37.3 Å². The number of carbonyl (C=O) groups excluding carboxylic acids is 2. The van der Waals surface area contributed by atoms with Gasteiger partial charge in [-0.05, 0) is 29.7 Å². The highest BCUT2D eigenvalue weighted by Gasteiger charge is 2.39. The van der Waals surface area contributed by atoms with Crippen LogP contribution in [0.25, 0.3) is 0 Å². The molecule has 2 amide bonds. The van der Waals surface area contributed by atoms with E-state index in [-0.39, 0.29) is 37.9 Å². The number of hydrogen-bond donors (Lipinski definition) is 3. The van der Waals surface area contributed by atoms with Crippen LogP contribution >= 0.6 is 0 Å². The van der Waals surface area contributed by atoms with Crippen molar-refractivity contribution in [2.75, 3.05) is 50.8 Å². The van der Waals surface area contributed by atoms with Crippen LogP contribution in [0, 0.1) is 5.92 Å². The maximum Gasteiger partial charge on any atom is 0.325 e. The van der Waals surface area contributed by atoms with Gasteiger partial charge < -0.3 is 34.9 Å². The molecule has 2 saturated heterocycles. The zero-order valence-corrected chi connectivity index (χ0v) is 25.8. The lowest BCUT2D eigenvalue weighted by Crippen LogP contribution is -2.51. The molecule has 0 unspecified atom stereocenters. The van der Waals surface area contributed by atoms with Gasteiger partial charge in [0.1, 0.15) is 6.54 Å². The quantitative estimate of drug-likeness (QED) is 0.275. The number of amides is 2. The van der Waals surface area contributed by atoms with Crippen LogP contribution in [-0.4, -0.2) is 84.0 Å². The standard InChI is InChI=1S/C33H42N6O6/c1-3-43-29(41)20-37-33(42)36-19-24-5-11-27(12-6-24)31-44-28(23(2)30(45-31)26-9-7-25(22-40)8-10-26)21-38-15-17-39(18-16-38)32-34-13-4-14-35-32/h4-14,23,28,30-31,40H,3,15-22H2,1-2H3,(H2,36,37,42)/t23-,28+,30+,31+/m0/s1. The molecule has 0 saturated carbocycles. The number of piperazine rings is 1. The lowest BCUT2D eigenvalue weighted by Gasteiger charge is -2.44. The van der Waals surface area contributed by atoms with Gasteiger partial charge in [0.25, 0.3) is 0 Å². The number of aromatic nitrogens is 2. The van der Waals surface area contributed by atoms with Gasteiger partial charge in [-0.1, -0.05) is 55.5 Å². The lowest BCUT2D eigenvalue weighted by atomic mass is 9.90. The number of nitrogens with zero attached hydrogens (tertiary/aromatic N) is 4. The predicted octanol–water partition coefficient (Wildman–Crippen LogP) is 2.94. The predicted molar refractivity (Wildman–Crippen MR) is 167 cm³/mol. The molecule has 0 aliphatic carbocycles. The van der Waals surface area contributed by atoms with Crippen LogP contribution in [0.15, 0.2) is 67.0 Å². The highest BCUT2D eigenvalue weighted by molar-refractivity contribution is 5.80. The number of nitrogens with one attached hydrogen (secondary N) is 2. The average molecular weight is 619 g/mol. The number of carbonyl (C=O) groups is 2. The zero-order chi connectivity index (χ0) is 31.6. The largest absolute Gasteiger partial charge is 0.465 e. The second-order valence-corrected chi connectivity index (χ2v) is 11.2. The van der Waals surface area contributed by atoms with E-state index in [1.54, 1.807) is 19.3 Å². The van der Waals surface area contributed by atoms with E-state index in [1.807, 2.05) is 54.6 Å². The Balaban J connectivity index is 1.23. The van der Waals surface area contributed by atoms with Crippen LogP contribution in [0.3, 0.4) is 0 Å². The Hall–Kier alpha value is -4.10. The number of hydrogen-bond acceptors (Lipinski definition) is 10. The summed E-state index contributed by atoms with van der Waals surface area (Å²) in [7, 11) is 0. The molecule has 2 aliphatic rings. The van der Waals surface area contributed by atoms with Crippen LogP contribution in [0.1, 0.15) is 48.5 Å². The molecule has 3 N–H and O–H groups in total. The third-order valence-electron chi connectivity index (χ3n) is 8.17. The molecule has 45 heavy (non-hydrogen) atoms. The number of rotatable bonds is 11. The third kappa shape index (κ3) is 8.76. The minimum absolute atomic E-state index is 0.00994. The summed E-state index contributed by atoms with van der Waals surface area (Å²) in [5, 5.41) is 14.8. The number of benzene rings is 2. The van der Waals surface area contributed by atoms with Gasteiger partial charge in [0, 0.05) is 63.1 Å². The first-order valence-corrected chi connectivity index (χ1v) is 15.4. The fourth-order valence-corrected chi connectivity index (χ4v) is 5.57. The summed E-state index contributed by atoms with van der Waals surface area (Å²) in [6.07, 6.45) is 2.67. The van der Waals surface area contributed by atoms with Crippen LogP contribution in [0.2, 0.25) is 0 Å². The normalized spacial score (nSPS) is 22.1. The summed E-state index contributed by atoms with van der Waals surface area (Å²) < 4.78 is 18.1. The van der Waals surface area contributed by atoms with E-state index in [1.165, 1.54) is 0 Å². The van der Waals surface area contributed by atoms with Crippen molar-refractivity contribution in [1.29, 1.82) is 0 Å². The molecule has 0 spiro atoms. The molecule has 1 aromatic heterocycles. The van der Waals surface area contributed by atoms with Gasteiger partial charge >= 0.3 is 12.0 Å². The molecule has 240 valence electrons. The second-order valence-electron chi connectivity index (χ2n) is 11.2. The SMILES string of the molecule is CCOC(=O)CNC(=O)NCc1ccc([C@@H]2O[C@H](CN3CCN(c4ncccn4)CC3)[C@H](C)[C@H](c3ccc(CO)cc3)O2)cc1. The van der Waals surface area contributed by atoms with Gasteiger partial charge in [-0.2, -0.15) is 0 Å². The van der Waals surface area contributed by atoms with E-state index in [0.717, 1.165) is 60.9 Å². The highest BCUT2D eigenvalue weighted by atomic mass is 16.7. The van der Waals surface area contributed by atoms with Crippen LogP contribution in [-0.2, 0) is 32.2 Å². The third-order valence-corrected chi connectivity index (χ3v) is 8.17.